The molecule has 4 heteroatoms. The number of nitrogens with one attached hydrogen (secondary N) is 1. The third-order valence-electron chi connectivity index (χ3n) is 4.51. The molecule has 0 amide bonds. The van der Waals surface area contributed by atoms with E-state index in [0.717, 1.165) is 12.2 Å². The Labute approximate surface area is 121 Å². The summed E-state index contributed by atoms with van der Waals surface area (Å²) in [6.07, 6.45) is 8.59. The van der Waals surface area contributed by atoms with Crippen molar-refractivity contribution in [2.45, 2.75) is 75.6 Å². The summed E-state index contributed by atoms with van der Waals surface area (Å²) in [5.74, 6) is 1.02. The minimum absolute atomic E-state index is 0.0308. The van der Waals surface area contributed by atoms with Crippen molar-refractivity contribution >= 4 is 17.7 Å². The van der Waals surface area contributed by atoms with Crippen LogP contribution >= 0.6 is 11.8 Å². The maximum absolute atomic E-state index is 12.4. The standard InChI is InChI=1S/C15H27NO2S/c1-3-18-14(17)15(10-11-19-12(15)2)16-13-8-6-4-5-7-9-13/h12-13,16H,3-11H2,1-2H3. The van der Waals surface area contributed by atoms with Crippen LogP contribution < -0.4 is 5.32 Å². The van der Waals surface area contributed by atoms with E-state index in [9.17, 15) is 4.79 Å². The summed E-state index contributed by atoms with van der Waals surface area (Å²) in [6.45, 7) is 4.53. The molecule has 2 aliphatic rings. The van der Waals surface area contributed by atoms with Gasteiger partial charge in [0.1, 0.15) is 5.54 Å². The smallest absolute Gasteiger partial charge is 0.327 e. The van der Waals surface area contributed by atoms with E-state index in [1.165, 1.54) is 38.5 Å². The zero-order valence-electron chi connectivity index (χ0n) is 12.2. The molecule has 2 atom stereocenters. The molecule has 1 aliphatic heterocycles. The summed E-state index contributed by atoms with van der Waals surface area (Å²) < 4.78 is 5.36. The number of carbonyl (C=O) groups excluding carboxylic acids is 1. The van der Waals surface area contributed by atoms with E-state index in [0.29, 0.717) is 17.9 Å². The van der Waals surface area contributed by atoms with Crippen molar-refractivity contribution < 1.29 is 9.53 Å². The number of rotatable bonds is 4. The molecule has 1 saturated carbocycles. The molecule has 2 rings (SSSR count). The fourth-order valence-corrected chi connectivity index (χ4v) is 4.67. The second-order valence-electron chi connectivity index (χ2n) is 5.79. The van der Waals surface area contributed by atoms with Crippen LogP contribution in [0.5, 0.6) is 0 Å². The second-order valence-corrected chi connectivity index (χ2v) is 7.24. The lowest BCUT2D eigenvalue weighted by atomic mass is 9.90. The van der Waals surface area contributed by atoms with Crippen molar-refractivity contribution in [3.63, 3.8) is 0 Å². The van der Waals surface area contributed by atoms with Crippen LogP contribution in [0.4, 0.5) is 0 Å². The largest absolute Gasteiger partial charge is 0.465 e. The number of thioether (sulfide) groups is 1. The van der Waals surface area contributed by atoms with Crippen molar-refractivity contribution in [1.29, 1.82) is 0 Å². The average Bonchev–Trinajstić information content (AvgIpc) is 2.62. The maximum Gasteiger partial charge on any atom is 0.327 e. The Balaban J connectivity index is 2.06. The van der Waals surface area contributed by atoms with Gasteiger partial charge in [-0.1, -0.05) is 32.6 Å². The van der Waals surface area contributed by atoms with E-state index < -0.39 is 5.54 Å². The van der Waals surface area contributed by atoms with Gasteiger partial charge >= 0.3 is 5.97 Å². The van der Waals surface area contributed by atoms with Gasteiger partial charge in [-0.25, -0.2) is 0 Å². The summed E-state index contributed by atoms with van der Waals surface area (Å²) in [5, 5.41) is 4.02. The molecule has 3 nitrogen and oxygen atoms in total. The molecule has 0 spiro atoms. The van der Waals surface area contributed by atoms with Crippen molar-refractivity contribution in [2.24, 2.45) is 0 Å². The topological polar surface area (TPSA) is 38.3 Å². The first-order valence-electron chi connectivity index (χ1n) is 7.75. The summed E-state index contributed by atoms with van der Waals surface area (Å²) in [6, 6.07) is 0.494. The maximum atomic E-state index is 12.4. The zero-order valence-corrected chi connectivity index (χ0v) is 13.1. The SMILES string of the molecule is CCOC(=O)C1(NC2CCCCCC2)CCSC1C. The first-order chi connectivity index (χ1) is 9.19. The highest BCUT2D eigenvalue weighted by molar-refractivity contribution is 8.00. The number of carbonyl (C=O) groups is 1. The molecule has 1 heterocycles. The van der Waals surface area contributed by atoms with Crippen LogP contribution in [0.15, 0.2) is 0 Å². The molecule has 1 N–H and O–H groups in total. The second kappa shape index (κ2) is 6.98. The summed E-state index contributed by atoms with van der Waals surface area (Å²) in [4.78, 5) is 12.4. The van der Waals surface area contributed by atoms with E-state index in [1.54, 1.807) is 0 Å². The highest BCUT2D eigenvalue weighted by atomic mass is 32.2. The van der Waals surface area contributed by atoms with Gasteiger partial charge in [0.05, 0.1) is 6.61 Å². The van der Waals surface area contributed by atoms with Crippen LogP contribution in [-0.4, -0.2) is 35.2 Å². The van der Waals surface area contributed by atoms with Gasteiger partial charge in [-0.3, -0.25) is 10.1 Å². The van der Waals surface area contributed by atoms with Crippen molar-refractivity contribution in [3.8, 4) is 0 Å². The molecule has 2 unspecified atom stereocenters. The number of ether oxygens (including phenoxy) is 1. The van der Waals surface area contributed by atoms with Gasteiger partial charge in [-0.05, 0) is 31.9 Å². The average molecular weight is 285 g/mol. The highest BCUT2D eigenvalue weighted by Crippen LogP contribution is 2.38. The molecule has 110 valence electrons. The number of hydrogen-bond acceptors (Lipinski definition) is 4. The molecule has 0 bridgehead atoms. The van der Waals surface area contributed by atoms with Crippen LogP contribution in [0.1, 0.15) is 58.8 Å². The molecular weight excluding hydrogens is 258 g/mol. The molecular formula is C15H27NO2S. The Morgan fingerprint density at radius 2 is 2.00 bits per heavy atom. The molecule has 0 aromatic carbocycles. The summed E-state index contributed by atoms with van der Waals surface area (Å²) in [7, 11) is 0. The van der Waals surface area contributed by atoms with Crippen LogP contribution in [0.3, 0.4) is 0 Å². The van der Waals surface area contributed by atoms with Crippen LogP contribution in [0.25, 0.3) is 0 Å². The molecule has 1 saturated heterocycles. The van der Waals surface area contributed by atoms with Crippen molar-refractivity contribution in [1.82, 2.24) is 5.32 Å². The van der Waals surface area contributed by atoms with Gasteiger partial charge in [0.25, 0.3) is 0 Å². The lowest BCUT2D eigenvalue weighted by Crippen LogP contribution is -2.60. The van der Waals surface area contributed by atoms with Gasteiger partial charge in [-0.2, -0.15) is 11.8 Å². The Kier molecular flexibility index (Phi) is 5.58. The molecule has 0 aromatic heterocycles. The Hall–Kier alpha value is -0.220. The number of hydrogen-bond donors (Lipinski definition) is 1. The Morgan fingerprint density at radius 3 is 2.53 bits per heavy atom. The van der Waals surface area contributed by atoms with Gasteiger partial charge in [0.2, 0.25) is 0 Å². The van der Waals surface area contributed by atoms with E-state index in [-0.39, 0.29) is 5.97 Å². The normalized spacial score (nSPS) is 33.1. The quantitative estimate of drug-likeness (QED) is 0.636. The van der Waals surface area contributed by atoms with E-state index in [1.807, 2.05) is 18.7 Å². The fraction of sp³-hybridized carbons (Fsp3) is 0.933. The zero-order chi connectivity index (χ0) is 13.7. The van der Waals surface area contributed by atoms with E-state index >= 15 is 0 Å². The Bertz CT molecular complexity index is 303. The van der Waals surface area contributed by atoms with E-state index in [2.05, 4.69) is 12.2 Å². The van der Waals surface area contributed by atoms with Crippen LogP contribution in [0.2, 0.25) is 0 Å². The van der Waals surface area contributed by atoms with Crippen molar-refractivity contribution in [2.75, 3.05) is 12.4 Å². The van der Waals surface area contributed by atoms with Crippen LogP contribution in [0, 0.1) is 0 Å². The summed E-state index contributed by atoms with van der Waals surface area (Å²) in [5.41, 5.74) is -0.435. The third kappa shape index (κ3) is 3.46. The monoisotopic (exact) mass is 285 g/mol. The van der Waals surface area contributed by atoms with Crippen LogP contribution in [-0.2, 0) is 9.53 Å². The van der Waals surface area contributed by atoms with Gasteiger partial charge in [0.15, 0.2) is 0 Å². The first-order valence-corrected chi connectivity index (χ1v) is 8.80. The van der Waals surface area contributed by atoms with Gasteiger partial charge in [-0.15, -0.1) is 0 Å². The predicted molar refractivity (Wildman–Crippen MR) is 80.5 cm³/mol. The minimum atomic E-state index is -0.435. The summed E-state index contributed by atoms with van der Waals surface area (Å²) >= 11 is 1.89. The molecule has 1 aliphatic carbocycles. The molecule has 2 fully saturated rings. The first kappa shape index (κ1) is 15.2. The fourth-order valence-electron chi connectivity index (χ4n) is 3.31. The molecule has 0 aromatic rings. The Morgan fingerprint density at radius 1 is 1.32 bits per heavy atom. The molecule has 19 heavy (non-hydrogen) atoms. The lowest BCUT2D eigenvalue weighted by molar-refractivity contribution is -0.151. The predicted octanol–water partition coefficient (Wildman–Crippen LogP) is 3.13. The minimum Gasteiger partial charge on any atom is -0.465 e. The third-order valence-corrected chi connectivity index (χ3v) is 5.86. The number of esters is 1. The van der Waals surface area contributed by atoms with Gasteiger partial charge in [0, 0.05) is 11.3 Å². The van der Waals surface area contributed by atoms with Gasteiger partial charge < -0.3 is 4.74 Å². The van der Waals surface area contributed by atoms with Crippen molar-refractivity contribution in [3.05, 3.63) is 0 Å². The lowest BCUT2D eigenvalue weighted by Gasteiger charge is -2.35. The van der Waals surface area contributed by atoms with E-state index in [4.69, 9.17) is 4.74 Å². The molecule has 0 radical (unpaired) electrons. The highest BCUT2D eigenvalue weighted by Gasteiger charge is 2.49.